The zero-order chi connectivity index (χ0) is 17.4. The Balaban J connectivity index is 0.000000664. The first-order chi connectivity index (χ1) is 11.2. The Bertz CT molecular complexity index is 230. The minimum atomic E-state index is -2.58. The summed E-state index contributed by atoms with van der Waals surface area (Å²) in [5.41, 5.74) is 0. The van der Waals surface area contributed by atoms with Crippen LogP contribution in [-0.2, 0) is 13.3 Å². The predicted molar refractivity (Wildman–Crippen MR) is 117 cm³/mol. The Morgan fingerprint density at radius 1 is 0.826 bits per heavy atom. The Kier molecular flexibility index (Phi) is 18.0. The summed E-state index contributed by atoms with van der Waals surface area (Å²) in [6.45, 7) is 9.94. The van der Waals surface area contributed by atoms with Crippen LogP contribution in [0.25, 0.3) is 0 Å². The van der Waals surface area contributed by atoms with Gasteiger partial charge in [0.25, 0.3) is 0 Å². The fourth-order valence-corrected chi connectivity index (χ4v) is 18.2. The van der Waals surface area contributed by atoms with Gasteiger partial charge in [0.05, 0.1) is 0 Å². The van der Waals surface area contributed by atoms with Crippen LogP contribution < -0.4 is 0 Å². The second-order valence-electron chi connectivity index (χ2n) is 5.11. The van der Waals surface area contributed by atoms with Gasteiger partial charge in [0.1, 0.15) is 0 Å². The third-order valence-electron chi connectivity index (χ3n) is 3.13. The summed E-state index contributed by atoms with van der Waals surface area (Å²) in [6.07, 6.45) is 10.2. The van der Waals surface area contributed by atoms with Crippen molar-refractivity contribution < 1.29 is 13.3 Å². The maximum absolute atomic E-state index is 5.82. The van der Waals surface area contributed by atoms with E-state index >= 15 is 0 Å². The van der Waals surface area contributed by atoms with Crippen molar-refractivity contribution >= 4 is 48.6 Å². The lowest BCUT2D eigenvalue weighted by molar-refractivity contribution is 0.0969. The molecule has 1 atom stereocenters. The molecule has 1 fully saturated rings. The second-order valence-corrected chi connectivity index (χ2v) is 19.1. The van der Waals surface area contributed by atoms with Gasteiger partial charge in [-0.2, -0.15) is 0 Å². The zero-order valence-electron chi connectivity index (χ0n) is 15.2. The summed E-state index contributed by atoms with van der Waals surface area (Å²) in [5, 5.41) is 0. The van der Waals surface area contributed by atoms with Crippen LogP contribution in [0.1, 0.15) is 72.6 Å². The van der Waals surface area contributed by atoms with Gasteiger partial charge in [0, 0.05) is 25.6 Å². The monoisotopic (exact) mass is 420 g/mol. The molecule has 23 heavy (non-hydrogen) atoms. The summed E-state index contributed by atoms with van der Waals surface area (Å²) in [5.74, 6) is 1.12. The van der Waals surface area contributed by atoms with Crippen LogP contribution in [0.3, 0.4) is 0 Å². The van der Waals surface area contributed by atoms with Crippen molar-refractivity contribution in [2.75, 3.05) is 25.6 Å². The first kappa shape index (κ1) is 24.5. The van der Waals surface area contributed by atoms with Crippen LogP contribution in [0.5, 0.6) is 0 Å². The molecule has 1 aliphatic rings. The van der Waals surface area contributed by atoms with Gasteiger partial charge >= 0.3 is 7.95 Å². The van der Waals surface area contributed by atoms with Crippen LogP contribution >= 0.6 is 40.7 Å². The van der Waals surface area contributed by atoms with Gasteiger partial charge in [-0.05, 0) is 37.0 Å². The molecule has 0 aromatic rings. The summed E-state index contributed by atoms with van der Waals surface area (Å²) < 4.78 is 17.4. The molecular formula is C15H36O3S4Si. The lowest BCUT2D eigenvalue weighted by Crippen LogP contribution is -2.44. The fourth-order valence-electron chi connectivity index (χ4n) is 2.11. The van der Waals surface area contributed by atoms with Crippen LogP contribution in [0.4, 0.5) is 0 Å². The summed E-state index contributed by atoms with van der Waals surface area (Å²) in [4.78, 5) is 0. The average molecular weight is 421 g/mol. The molecule has 0 saturated heterocycles. The normalized spacial score (nSPS) is 17.3. The highest BCUT2D eigenvalue weighted by atomic mass is 33.8. The van der Waals surface area contributed by atoms with E-state index in [0.29, 0.717) is 19.8 Å². The van der Waals surface area contributed by atoms with Crippen molar-refractivity contribution in [1.82, 2.24) is 0 Å². The summed E-state index contributed by atoms with van der Waals surface area (Å²) in [6, 6.07) is 0. The summed E-state index contributed by atoms with van der Waals surface area (Å²) >= 11 is 4.68. The number of hydrogen-bond donors (Lipinski definition) is 2. The molecule has 1 saturated carbocycles. The quantitative estimate of drug-likeness (QED) is 0.174. The van der Waals surface area contributed by atoms with Crippen molar-refractivity contribution in [3.8, 4) is 0 Å². The van der Waals surface area contributed by atoms with E-state index < -0.39 is 16.4 Å². The smallest absolute Gasteiger partial charge is 0.366 e. The van der Waals surface area contributed by atoms with Crippen LogP contribution in [0.2, 0.25) is 0 Å². The molecule has 0 aromatic heterocycles. The second kappa shape index (κ2) is 16.9. The van der Waals surface area contributed by atoms with Crippen molar-refractivity contribution in [2.24, 2.45) is 0 Å². The third kappa shape index (κ3) is 11.7. The molecule has 0 amide bonds. The molecule has 0 heterocycles. The van der Waals surface area contributed by atoms with Gasteiger partial charge in [0.15, 0.2) is 0 Å². The highest BCUT2D eigenvalue weighted by Gasteiger charge is 2.47. The van der Waals surface area contributed by atoms with E-state index in [1.54, 1.807) is 9.83 Å². The molecule has 0 aliphatic heterocycles. The largest absolute Gasteiger partial charge is 0.572 e. The van der Waals surface area contributed by atoms with Crippen LogP contribution in [0.15, 0.2) is 0 Å². The minimum Gasteiger partial charge on any atom is -0.366 e. The Morgan fingerprint density at radius 3 is 1.52 bits per heavy atom. The lowest BCUT2D eigenvalue weighted by atomic mass is 10.0. The van der Waals surface area contributed by atoms with Crippen LogP contribution in [-0.4, -0.2) is 33.5 Å². The molecule has 0 radical (unpaired) electrons. The van der Waals surface area contributed by atoms with E-state index in [9.17, 15) is 0 Å². The maximum Gasteiger partial charge on any atom is 0.572 e. The molecule has 3 nitrogen and oxygen atoms in total. The first-order valence-corrected chi connectivity index (χ1v) is 16.9. The van der Waals surface area contributed by atoms with Gasteiger partial charge in [-0.1, -0.05) is 64.7 Å². The highest BCUT2D eigenvalue weighted by Crippen LogP contribution is 2.59. The standard InChI is InChI=1S/C9H24O3S4Si.C6H12/c1-5-9-14-15-16(13)17(10-6-2,11-7-3)12-8-4;1-2-4-6-5-3-1/h13,16H,5-9H2,1-4H3;1-6H2. The zero-order valence-corrected chi connectivity index (χ0v) is 19.6. The van der Waals surface area contributed by atoms with Crippen molar-refractivity contribution in [2.45, 2.75) is 72.6 Å². The van der Waals surface area contributed by atoms with Gasteiger partial charge in [-0.15, -0.1) is 11.7 Å². The van der Waals surface area contributed by atoms with E-state index in [1.807, 2.05) is 31.6 Å². The molecule has 8 heteroatoms. The van der Waals surface area contributed by atoms with Gasteiger partial charge < -0.3 is 13.3 Å². The Hall–Kier alpha value is 1.50. The SMILES string of the molecule is C1CCCCC1.CCCSS[SH](S)[Si](OCC)(OCC)OCC. The Morgan fingerprint density at radius 2 is 1.22 bits per heavy atom. The molecule has 0 aromatic carbocycles. The van der Waals surface area contributed by atoms with E-state index in [1.165, 1.54) is 44.9 Å². The molecule has 0 bridgehead atoms. The highest BCUT2D eigenvalue weighted by molar-refractivity contribution is 9.35. The number of rotatable bonds is 11. The molecular weight excluding hydrogens is 385 g/mol. The summed E-state index contributed by atoms with van der Waals surface area (Å²) in [7, 11) is 0.301. The van der Waals surface area contributed by atoms with Gasteiger partial charge in [-0.25, -0.2) is 0 Å². The van der Waals surface area contributed by atoms with E-state index in [2.05, 4.69) is 18.6 Å². The number of hydrogen-bond acceptors (Lipinski definition) is 6. The van der Waals surface area contributed by atoms with E-state index in [-0.39, 0.29) is 0 Å². The van der Waals surface area contributed by atoms with Gasteiger partial charge in [0.2, 0.25) is 0 Å². The molecule has 142 valence electrons. The molecule has 1 aliphatic carbocycles. The van der Waals surface area contributed by atoms with Gasteiger partial charge in [-0.3, -0.25) is 0 Å². The maximum atomic E-state index is 5.82. The predicted octanol–water partition coefficient (Wildman–Crippen LogP) is 6.42. The molecule has 0 spiro atoms. The van der Waals surface area contributed by atoms with E-state index in [4.69, 9.17) is 13.3 Å². The minimum absolute atomic E-state index is 0.616. The van der Waals surface area contributed by atoms with Crippen molar-refractivity contribution in [1.29, 1.82) is 0 Å². The topological polar surface area (TPSA) is 27.7 Å². The van der Waals surface area contributed by atoms with Crippen molar-refractivity contribution in [3.05, 3.63) is 0 Å². The van der Waals surface area contributed by atoms with Crippen molar-refractivity contribution in [3.63, 3.8) is 0 Å². The molecule has 0 N–H and O–H groups in total. The fraction of sp³-hybridized carbons (Fsp3) is 1.00. The van der Waals surface area contributed by atoms with Crippen LogP contribution in [0, 0.1) is 0 Å². The average Bonchev–Trinajstić information content (AvgIpc) is 2.58. The number of thiol groups is 2. The third-order valence-corrected chi connectivity index (χ3v) is 20.4. The Labute approximate surface area is 159 Å². The molecule has 1 rings (SSSR count). The van der Waals surface area contributed by atoms with E-state index in [0.717, 1.165) is 5.75 Å². The first-order valence-electron chi connectivity index (χ1n) is 8.87. The molecule has 1 unspecified atom stereocenters. The lowest BCUT2D eigenvalue weighted by Gasteiger charge is -2.33.